The van der Waals surface area contributed by atoms with Gasteiger partial charge in [0.15, 0.2) is 0 Å². The standard InChI is InChI=1S/C15H21BrS/c1-11(2)9-13(16)8-7-12-10-17-15-6-4-3-5-14(12)15/h3-6,11-13H,7-10H2,1-2H3. The molecule has 0 saturated carbocycles. The lowest BCUT2D eigenvalue weighted by Gasteiger charge is -2.15. The molecular weight excluding hydrogens is 292 g/mol. The van der Waals surface area contributed by atoms with Crippen LogP contribution in [-0.2, 0) is 0 Å². The van der Waals surface area contributed by atoms with Gasteiger partial charge in [0.25, 0.3) is 0 Å². The molecule has 0 spiro atoms. The Morgan fingerprint density at radius 1 is 1.35 bits per heavy atom. The van der Waals surface area contributed by atoms with Crippen molar-refractivity contribution in [2.75, 3.05) is 5.75 Å². The molecule has 1 heterocycles. The second kappa shape index (κ2) is 6.29. The lowest BCUT2D eigenvalue weighted by Crippen LogP contribution is -2.06. The van der Waals surface area contributed by atoms with Gasteiger partial charge in [-0.15, -0.1) is 11.8 Å². The van der Waals surface area contributed by atoms with E-state index in [1.54, 1.807) is 5.56 Å². The maximum absolute atomic E-state index is 3.82. The molecular formula is C15H21BrS. The van der Waals surface area contributed by atoms with E-state index in [0.29, 0.717) is 4.83 Å². The first kappa shape index (κ1) is 13.5. The van der Waals surface area contributed by atoms with E-state index in [1.165, 1.54) is 29.9 Å². The lowest BCUT2D eigenvalue weighted by molar-refractivity contribution is 0.528. The van der Waals surface area contributed by atoms with Crippen LogP contribution in [0.4, 0.5) is 0 Å². The number of benzene rings is 1. The Morgan fingerprint density at radius 3 is 2.88 bits per heavy atom. The molecule has 1 aliphatic heterocycles. The Kier molecular flexibility index (Phi) is 4.98. The molecule has 1 aliphatic rings. The summed E-state index contributed by atoms with van der Waals surface area (Å²) in [5.74, 6) is 2.86. The van der Waals surface area contributed by atoms with Crippen LogP contribution in [-0.4, -0.2) is 10.6 Å². The van der Waals surface area contributed by atoms with Gasteiger partial charge in [-0.3, -0.25) is 0 Å². The molecule has 0 radical (unpaired) electrons. The van der Waals surface area contributed by atoms with E-state index in [1.807, 2.05) is 11.8 Å². The first-order valence-corrected chi connectivity index (χ1v) is 8.42. The first-order valence-electron chi connectivity index (χ1n) is 6.52. The van der Waals surface area contributed by atoms with E-state index in [9.17, 15) is 0 Å². The summed E-state index contributed by atoms with van der Waals surface area (Å²) in [5, 5.41) is 0. The minimum Gasteiger partial charge on any atom is -0.125 e. The molecule has 0 aromatic heterocycles. The Bertz CT molecular complexity index is 362. The minimum absolute atomic E-state index is 0.695. The Hall–Kier alpha value is 0.0500. The summed E-state index contributed by atoms with van der Waals surface area (Å²) < 4.78 is 0. The molecule has 0 bridgehead atoms. The fourth-order valence-electron chi connectivity index (χ4n) is 2.48. The maximum atomic E-state index is 3.82. The fraction of sp³-hybridized carbons (Fsp3) is 0.600. The summed E-state index contributed by atoms with van der Waals surface area (Å²) in [4.78, 5) is 2.20. The third kappa shape index (κ3) is 3.75. The molecule has 0 saturated heterocycles. The Labute approximate surface area is 118 Å². The quantitative estimate of drug-likeness (QED) is 0.650. The Morgan fingerprint density at radius 2 is 2.12 bits per heavy atom. The summed E-state index contributed by atoms with van der Waals surface area (Å²) in [6, 6.07) is 8.91. The van der Waals surface area contributed by atoms with Crippen molar-refractivity contribution in [1.29, 1.82) is 0 Å². The van der Waals surface area contributed by atoms with Crippen molar-refractivity contribution in [3.8, 4) is 0 Å². The molecule has 2 heteroatoms. The normalized spacial score (nSPS) is 20.6. The number of thioether (sulfide) groups is 1. The van der Waals surface area contributed by atoms with Crippen molar-refractivity contribution < 1.29 is 0 Å². The van der Waals surface area contributed by atoms with Crippen molar-refractivity contribution in [1.82, 2.24) is 0 Å². The smallest absolute Gasteiger partial charge is 0.0148 e. The van der Waals surface area contributed by atoms with Crippen molar-refractivity contribution in [2.24, 2.45) is 5.92 Å². The topological polar surface area (TPSA) is 0 Å². The molecule has 2 atom stereocenters. The highest BCUT2D eigenvalue weighted by atomic mass is 79.9. The van der Waals surface area contributed by atoms with E-state index in [0.717, 1.165) is 11.8 Å². The second-order valence-electron chi connectivity index (χ2n) is 5.35. The molecule has 94 valence electrons. The molecule has 2 unspecified atom stereocenters. The predicted octanol–water partition coefficient (Wildman–Crippen LogP) is 5.47. The average molecular weight is 313 g/mol. The van der Waals surface area contributed by atoms with E-state index in [-0.39, 0.29) is 0 Å². The Balaban J connectivity index is 1.85. The zero-order valence-corrected chi connectivity index (χ0v) is 13.1. The molecule has 0 aliphatic carbocycles. The van der Waals surface area contributed by atoms with Crippen LogP contribution in [0, 0.1) is 5.92 Å². The van der Waals surface area contributed by atoms with Crippen molar-refractivity contribution in [2.45, 2.75) is 48.8 Å². The highest BCUT2D eigenvalue weighted by molar-refractivity contribution is 9.09. The third-order valence-corrected chi connectivity index (χ3v) is 5.44. The van der Waals surface area contributed by atoms with Crippen LogP contribution in [0.5, 0.6) is 0 Å². The van der Waals surface area contributed by atoms with Gasteiger partial charge in [0.2, 0.25) is 0 Å². The van der Waals surface area contributed by atoms with E-state index < -0.39 is 0 Å². The van der Waals surface area contributed by atoms with Crippen LogP contribution in [0.3, 0.4) is 0 Å². The monoisotopic (exact) mass is 312 g/mol. The lowest BCUT2D eigenvalue weighted by atomic mass is 9.94. The zero-order valence-electron chi connectivity index (χ0n) is 10.7. The second-order valence-corrected chi connectivity index (χ2v) is 7.71. The van der Waals surface area contributed by atoms with Gasteiger partial charge >= 0.3 is 0 Å². The fourth-order valence-corrected chi connectivity index (χ4v) is 4.79. The van der Waals surface area contributed by atoms with Gasteiger partial charge < -0.3 is 0 Å². The largest absolute Gasteiger partial charge is 0.125 e. The van der Waals surface area contributed by atoms with Gasteiger partial charge in [0.05, 0.1) is 0 Å². The van der Waals surface area contributed by atoms with E-state index in [4.69, 9.17) is 0 Å². The summed E-state index contributed by atoms with van der Waals surface area (Å²) in [6.07, 6.45) is 3.92. The molecule has 1 aromatic rings. The van der Waals surface area contributed by atoms with Gasteiger partial charge in [-0.1, -0.05) is 48.0 Å². The first-order chi connectivity index (χ1) is 8.16. The number of hydrogen-bond donors (Lipinski definition) is 0. The minimum atomic E-state index is 0.695. The van der Waals surface area contributed by atoms with Crippen LogP contribution in [0.2, 0.25) is 0 Å². The van der Waals surface area contributed by atoms with Gasteiger partial charge in [-0.2, -0.15) is 0 Å². The van der Waals surface area contributed by atoms with Crippen molar-refractivity contribution >= 4 is 27.7 Å². The molecule has 2 rings (SSSR count). The highest BCUT2D eigenvalue weighted by Gasteiger charge is 2.23. The summed E-state index contributed by atoms with van der Waals surface area (Å²) in [7, 11) is 0. The SMILES string of the molecule is CC(C)CC(Br)CCC1CSc2ccccc21. The van der Waals surface area contributed by atoms with Crippen molar-refractivity contribution in [3.05, 3.63) is 29.8 Å². The van der Waals surface area contributed by atoms with Crippen molar-refractivity contribution in [3.63, 3.8) is 0 Å². The molecule has 0 nitrogen and oxygen atoms in total. The van der Waals surface area contributed by atoms with Crippen LogP contribution < -0.4 is 0 Å². The van der Waals surface area contributed by atoms with Gasteiger partial charge in [0, 0.05) is 15.5 Å². The highest BCUT2D eigenvalue weighted by Crippen LogP contribution is 2.42. The molecule has 1 aromatic carbocycles. The maximum Gasteiger partial charge on any atom is 0.0148 e. The number of halogens is 1. The van der Waals surface area contributed by atoms with Crippen LogP contribution in [0.25, 0.3) is 0 Å². The third-order valence-electron chi connectivity index (χ3n) is 3.35. The van der Waals surface area contributed by atoms with Gasteiger partial charge in [-0.25, -0.2) is 0 Å². The molecule has 0 fully saturated rings. The number of fused-ring (bicyclic) bond motifs is 1. The summed E-state index contributed by atoms with van der Waals surface area (Å²) in [6.45, 7) is 4.60. The van der Waals surface area contributed by atoms with E-state index >= 15 is 0 Å². The van der Waals surface area contributed by atoms with Crippen LogP contribution >= 0.6 is 27.7 Å². The average Bonchev–Trinajstić information content (AvgIpc) is 2.69. The summed E-state index contributed by atoms with van der Waals surface area (Å²) >= 11 is 5.85. The molecule has 0 amide bonds. The van der Waals surface area contributed by atoms with Gasteiger partial charge in [0.1, 0.15) is 0 Å². The number of hydrogen-bond acceptors (Lipinski definition) is 1. The van der Waals surface area contributed by atoms with Crippen LogP contribution in [0.15, 0.2) is 29.2 Å². The van der Waals surface area contributed by atoms with Gasteiger partial charge in [-0.05, 0) is 42.7 Å². The zero-order chi connectivity index (χ0) is 12.3. The predicted molar refractivity (Wildman–Crippen MR) is 81.3 cm³/mol. The van der Waals surface area contributed by atoms with Crippen LogP contribution in [0.1, 0.15) is 44.6 Å². The number of alkyl halides is 1. The molecule has 17 heavy (non-hydrogen) atoms. The van der Waals surface area contributed by atoms with E-state index in [2.05, 4.69) is 54.0 Å². The molecule has 0 N–H and O–H groups in total. The summed E-state index contributed by atoms with van der Waals surface area (Å²) in [5.41, 5.74) is 1.58. The number of rotatable bonds is 5.